The zero-order chi connectivity index (χ0) is 12.8. The molecule has 1 aromatic heterocycles. The van der Waals surface area contributed by atoms with Crippen LogP contribution in [0, 0.1) is 6.92 Å². The van der Waals surface area contributed by atoms with Gasteiger partial charge < -0.3 is 5.32 Å². The Morgan fingerprint density at radius 2 is 2.00 bits per heavy atom. The molecule has 0 unspecified atom stereocenters. The number of nitrogens with one attached hydrogen (secondary N) is 1. The molecular weight excluding hydrogens is 224 g/mol. The van der Waals surface area contributed by atoms with Crippen LogP contribution in [0.2, 0.25) is 0 Å². The topological polar surface area (TPSA) is 42.0 Å². The molecule has 0 aliphatic heterocycles. The minimum Gasteiger partial charge on any atom is -0.352 e. The van der Waals surface area contributed by atoms with Gasteiger partial charge in [0.25, 0.3) is 5.91 Å². The zero-order valence-electron chi connectivity index (χ0n) is 10.4. The number of carbonyl (C=O) groups excluding carboxylic acids is 1. The van der Waals surface area contributed by atoms with Crippen LogP contribution in [0.15, 0.2) is 48.8 Å². The number of rotatable bonds is 4. The summed E-state index contributed by atoms with van der Waals surface area (Å²) in [4.78, 5) is 15.9. The Hall–Kier alpha value is -2.16. The highest BCUT2D eigenvalue weighted by Gasteiger charge is 2.03. The third-order valence-electron chi connectivity index (χ3n) is 2.74. The Morgan fingerprint density at radius 1 is 1.22 bits per heavy atom. The van der Waals surface area contributed by atoms with Crippen LogP contribution in [-0.4, -0.2) is 17.4 Å². The van der Waals surface area contributed by atoms with E-state index in [1.807, 2.05) is 49.5 Å². The predicted molar refractivity (Wildman–Crippen MR) is 71.5 cm³/mol. The van der Waals surface area contributed by atoms with Gasteiger partial charge in [-0.25, -0.2) is 0 Å². The molecule has 0 saturated heterocycles. The molecule has 1 amide bonds. The van der Waals surface area contributed by atoms with Crippen molar-refractivity contribution in [2.75, 3.05) is 6.54 Å². The first kappa shape index (κ1) is 12.3. The van der Waals surface area contributed by atoms with Gasteiger partial charge in [-0.3, -0.25) is 9.78 Å². The predicted octanol–water partition coefficient (Wildman–Crippen LogP) is 2.36. The minimum atomic E-state index is -0.0288. The molecule has 1 N–H and O–H groups in total. The molecule has 2 aromatic rings. The Labute approximate surface area is 107 Å². The van der Waals surface area contributed by atoms with Gasteiger partial charge in [-0.2, -0.15) is 0 Å². The maximum Gasteiger partial charge on any atom is 0.251 e. The summed E-state index contributed by atoms with van der Waals surface area (Å²) in [5, 5.41) is 2.90. The van der Waals surface area contributed by atoms with Crippen LogP contribution in [-0.2, 0) is 6.42 Å². The number of benzene rings is 1. The number of pyridine rings is 1. The molecule has 18 heavy (non-hydrogen) atoms. The normalized spacial score (nSPS) is 10.1. The summed E-state index contributed by atoms with van der Waals surface area (Å²) in [6.07, 6.45) is 4.36. The van der Waals surface area contributed by atoms with Gasteiger partial charge in [0.05, 0.1) is 0 Å². The lowest BCUT2D eigenvalue weighted by Crippen LogP contribution is -2.25. The molecule has 2 rings (SSSR count). The Kier molecular flexibility index (Phi) is 4.07. The molecule has 3 heteroatoms. The lowest BCUT2D eigenvalue weighted by molar-refractivity contribution is 0.0954. The van der Waals surface area contributed by atoms with Crippen molar-refractivity contribution in [1.29, 1.82) is 0 Å². The summed E-state index contributed by atoms with van der Waals surface area (Å²) in [6.45, 7) is 2.63. The summed E-state index contributed by atoms with van der Waals surface area (Å²) in [5.41, 5.74) is 2.98. The van der Waals surface area contributed by atoms with E-state index in [2.05, 4.69) is 10.3 Å². The molecule has 1 aromatic carbocycles. The van der Waals surface area contributed by atoms with E-state index < -0.39 is 0 Å². The zero-order valence-corrected chi connectivity index (χ0v) is 10.4. The third kappa shape index (κ3) is 3.42. The molecule has 0 fully saturated rings. The van der Waals surface area contributed by atoms with Crippen LogP contribution < -0.4 is 5.32 Å². The van der Waals surface area contributed by atoms with Gasteiger partial charge >= 0.3 is 0 Å². The van der Waals surface area contributed by atoms with Gasteiger partial charge in [0.2, 0.25) is 0 Å². The van der Waals surface area contributed by atoms with E-state index in [1.54, 1.807) is 6.20 Å². The van der Waals surface area contributed by atoms with Gasteiger partial charge in [0.1, 0.15) is 0 Å². The second-order valence-electron chi connectivity index (χ2n) is 4.23. The molecular formula is C15H16N2O. The quantitative estimate of drug-likeness (QED) is 0.891. The van der Waals surface area contributed by atoms with Gasteiger partial charge in [-0.05, 0) is 37.1 Å². The van der Waals surface area contributed by atoms with Crippen molar-refractivity contribution in [3.63, 3.8) is 0 Å². The molecule has 0 aliphatic carbocycles. The lowest BCUT2D eigenvalue weighted by Gasteiger charge is -2.05. The van der Waals surface area contributed by atoms with Crippen molar-refractivity contribution in [2.24, 2.45) is 0 Å². The van der Waals surface area contributed by atoms with Crippen LogP contribution in [0.3, 0.4) is 0 Å². The van der Waals surface area contributed by atoms with Crippen LogP contribution in [0.5, 0.6) is 0 Å². The number of aryl methyl sites for hydroxylation is 1. The smallest absolute Gasteiger partial charge is 0.251 e. The standard InChI is InChI=1S/C15H16N2O/c1-12-4-6-14(7-5-12)15(18)17-10-8-13-3-2-9-16-11-13/h2-7,9,11H,8,10H2,1H3,(H,17,18). The van der Waals surface area contributed by atoms with Gasteiger partial charge in [-0.15, -0.1) is 0 Å². The summed E-state index contributed by atoms with van der Waals surface area (Å²) < 4.78 is 0. The van der Waals surface area contributed by atoms with Crippen molar-refractivity contribution in [3.05, 3.63) is 65.5 Å². The number of aromatic nitrogens is 1. The summed E-state index contributed by atoms with van der Waals surface area (Å²) in [6, 6.07) is 11.5. The summed E-state index contributed by atoms with van der Waals surface area (Å²) in [5.74, 6) is -0.0288. The minimum absolute atomic E-state index is 0.0288. The molecule has 1 heterocycles. The van der Waals surface area contributed by atoms with Crippen molar-refractivity contribution in [2.45, 2.75) is 13.3 Å². The van der Waals surface area contributed by atoms with Crippen molar-refractivity contribution in [1.82, 2.24) is 10.3 Å². The number of hydrogen-bond donors (Lipinski definition) is 1. The Morgan fingerprint density at radius 3 is 2.67 bits per heavy atom. The van der Waals surface area contributed by atoms with Gasteiger partial charge in [0, 0.05) is 24.5 Å². The SMILES string of the molecule is Cc1ccc(C(=O)NCCc2cccnc2)cc1. The number of hydrogen-bond acceptors (Lipinski definition) is 2. The largest absolute Gasteiger partial charge is 0.352 e. The van der Waals surface area contributed by atoms with E-state index in [0.29, 0.717) is 12.1 Å². The number of amides is 1. The second-order valence-corrected chi connectivity index (χ2v) is 4.23. The Bertz CT molecular complexity index is 506. The van der Waals surface area contributed by atoms with E-state index in [9.17, 15) is 4.79 Å². The fraction of sp³-hybridized carbons (Fsp3) is 0.200. The molecule has 0 aliphatic rings. The highest BCUT2D eigenvalue weighted by atomic mass is 16.1. The van der Waals surface area contributed by atoms with Crippen LogP contribution in [0.4, 0.5) is 0 Å². The summed E-state index contributed by atoms with van der Waals surface area (Å²) >= 11 is 0. The maximum absolute atomic E-state index is 11.8. The maximum atomic E-state index is 11.8. The molecule has 3 nitrogen and oxygen atoms in total. The molecule has 0 radical (unpaired) electrons. The number of nitrogens with zero attached hydrogens (tertiary/aromatic N) is 1. The summed E-state index contributed by atoms with van der Waals surface area (Å²) in [7, 11) is 0. The Balaban J connectivity index is 1.84. The van der Waals surface area contributed by atoms with E-state index in [1.165, 1.54) is 0 Å². The van der Waals surface area contributed by atoms with E-state index in [-0.39, 0.29) is 5.91 Å². The third-order valence-corrected chi connectivity index (χ3v) is 2.74. The van der Waals surface area contributed by atoms with Crippen molar-refractivity contribution in [3.8, 4) is 0 Å². The van der Waals surface area contributed by atoms with Crippen LogP contribution >= 0.6 is 0 Å². The van der Waals surface area contributed by atoms with Crippen LogP contribution in [0.1, 0.15) is 21.5 Å². The lowest BCUT2D eigenvalue weighted by atomic mass is 10.1. The second kappa shape index (κ2) is 5.96. The average Bonchev–Trinajstić information content (AvgIpc) is 2.40. The van der Waals surface area contributed by atoms with E-state index in [0.717, 1.165) is 17.5 Å². The molecule has 0 atom stereocenters. The molecule has 0 spiro atoms. The monoisotopic (exact) mass is 240 g/mol. The fourth-order valence-electron chi connectivity index (χ4n) is 1.67. The van der Waals surface area contributed by atoms with E-state index in [4.69, 9.17) is 0 Å². The van der Waals surface area contributed by atoms with E-state index >= 15 is 0 Å². The highest BCUT2D eigenvalue weighted by molar-refractivity contribution is 5.94. The molecule has 92 valence electrons. The molecule has 0 saturated carbocycles. The average molecular weight is 240 g/mol. The van der Waals surface area contributed by atoms with Crippen molar-refractivity contribution >= 4 is 5.91 Å². The highest BCUT2D eigenvalue weighted by Crippen LogP contribution is 2.03. The van der Waals surface area contributed by atoms with Crippen LogP contribution in [0.25, 0.3) is 0 Å². The van der Waals surface area contributed by atoms with Gasteiger partial charge in [0.15, 0.2) is 0 Å². The number of carbonyl (C=O) groups is 1. The first-order chi connectivity index (χ1) is 8.75. The van der Waals surface area contributed by atoms with Crippen molar-refractivity contribution < 1.29 is 4.79 Å². The fourth-order valence-corrected chi connectivity index (χ4v) is 1.67. The van der Waals surface area contributed by atoms with Gasteiger partial charge in [-0.1, -0.05) is 23.8 Å². The first-order valence-corrected chi connectivity index (χ1v) is 5.99. The molecule has 0 bridgehead atoms. The first-order valence-electron chi connectivity index (χ1n) is 5.99.